The molecule has 142 valence electrons. The summed E-state index contributed by atoms with van der Waals surface area (Å²) in [6.07, 6.45) is 5.42. The molecule has 27 heavy (non-hydrogen) atoms. The number of carbonyl (C=O) groups excluding carboxylic acids is 3. The van der Waals surface area contributed by atoms with Crippen LogP contribution in [-0.4, -0.2) is 50.6 Å². The Bertz CT molecular complexity index is 802. The number of amides is 2. The zero-order valence-electron chi connectivity index (χ0n) is 14.6. The molecule has 0 radical (unpaired) electrons. The van der Waals surface area contributed by atoms with Crippen molar-refractivity contribution in [1.29, 1.82) is 0 Å². The number of anilines is 1. The average Bonchev–Trinajstić information content (AvgIpc) is 3.34. The molecule has 10 heteroatoms. The molecule has 0 atom stereocenters. The highest BCUT2D eigenvalue weighted by atomic mass is 16.5. The number of ether oxygens (including phenoxy) is 1. The number of rotatable bonds is 7. The molecule has 0 spiro atoms. The SMILES string of the molecule is O=C(COC(=O)Cn1cnnn1)Nc1ccccc1C(=O)NC1CCCC1. The number of carbonyl (C=O) groups is 3. The number of esters is 1. The predicted octanol–water partition coefficient (Wildman–Crippen LogP) is 0.527. The molecule has 3 rings (SSSR count). The number of aromatic nitrogens is 4. The van der Waals surface area contributed by atoms with E-state index >= 15 is 0 Å². The van der Waals surface area contributed by atoms with E-state index in [4.69, 9.17) is 4.74 Å². The summed E-state index contributed by atoms with van der Waals surface area (Å²) in [7, 11) is 0. The lowest BCUT2D eigenvalue weighted by Crippen LogP contribution is -2.33. The van der Waals surface area contributed by atoms with Crippen LogP contribution in [0.25, 0.3) is 0 Å². The molecule has 1 aliphatic carbocycles. The van der Waals surface area contributed by atoms with Crippen LogP contribution in [0.4, 0.5) is 5.69 Å². The smallest absolute Gasteiger partial charge is 0.328 e. The molecule has 1 aromatic carbocycles. The number of nitrogens with one attached hydrogen (secondary N) is 2. The first kappa shape index (κ1) is 18.5. The molecule has 0 aliphatic heterocycles. The van der Waals surface area contributed by atoms with Crippen molar-refractivity contribution >= 4 is 23.5 Å². The maximum Gasteiger partial charge on any atom is 0.328 e. The van der Waals surface area contributed by atoms with Gasteiger partial charge in [-0.05, 0) is 35.4 Å². The molecule has 2 N–H and O–H groups in total. The third kappa shape index (κ3) is 5.33. The summed E-state index contributed by atoms with van der Waals surface area (Å²) in [5, 5.41) is 15.9. The number of hydrogen-bond acceptors (Lipinski definition) is 7. The minimum atomic E-state index is -0.648. The highest BCUT2D eigenvalue weighted by Crippen LogP contribution is 2.20. The normalized spacial score (nSPS) is 13.9. The summed E-state index contributed by atoms with van der Waals surface area (Å²) in [5.74, 6) is -1.42. The predicted molar refractivity (Wildman–Crippen MR) is 93.6 cm³/mol. The molecule has 0 saturated heterocycles. The molecule has 2 amide bonds. The highest BCUT2D eigenvalue weighted by Gasteiger charge is 2.20. The van der Waals surface area contributed by atoms with Crippen LogP contribution in [0.5, 0.6) is 0 Å². The van der Waals surface area contributed by atoms with Gasteiger partial charge in [0.05, 0.1) is 11.3 Å². The van der Waals surface area contributed by atoms with Crippen LogP contribution in [0, 0.1) is 0 Å². The molecule has 1 heterocycles. The molecule has 0 bridgehead atoms. The fraction of sp³-hybridized carbons (Fsp3) is 0.412. The fourth-order valence-corrected chi connectivity index (χ4v) is 2.89. The number of benzene rings is 1. The maximum atomic E-state index is 12.5. The summed E-state index contributed by atoms with van der Waals surface area (Å²) in [6, 6.07) is 6.89. The van der Waals surface area contributed by atoms with Gasteiger partial charge in [0.25, 0.3) is 11.8 Å². The molecule has 1 aromatic heterocycles. The largest absolute Gasteiger partial charge is 0.454 e. The molecule has 10 nitrogen and oxygen atoms in total. The molecule has 1 fully saturated rings. The molecule has 1 saturated carbocycles. The molecule has 0 unspecified atom stereocenters. The Hall–Kier alpha value is -3.30. The van der Waals surface area contributed by atoms with E-state index in [9.17, 15) is 14.4 Å². The Kier molecular flexibility index (Phi) is 6.08. The number of hydrogen-bond donors (Lipinski definition) is 2. The minimum absolute atomic E-state index is 0.175. The second-order valence-corrected chi connectivity index (χ2v) is 6.22. The van der Waals surface area contributed by atoms with Gasteiger partial charge in [0.15, 0.2) is 6.61 Å². The zero-order chi connectivity index (χ0) is 19.1. The van der Waals surface area contributed by atoms with Crippen LogP contribution in [0.3, 0.4) is 0 Å². The van der Waals surface area contributed by atoms with Crippen molar-refractivity contribution < 1.29 is 19.1 Å². The molecule has 2 aromatic rings. The zero-order valence-corrected chi connectivity index (χ0v) is 14.6. The fourth-order valence-electron chi connectivity index (χ4n) is 2.89. The van der Waals surface area contributed by atoms with E-state index < -0.39 is 18.5 Å². The Morgan fingerprint density at radius 2 is 1.96 bits per heavy atom. The van der Waals surface area contributed by atoms with Crippen LogP contribution >= 0.6 is 0 Å². The van der Waals surface area contributed by atoms with Crippen molar-refractivity contribution in [3.05, 3.63) is 36.2 Å². The van der Waals surface area contributed by atoms with Gasteiger partial charge in [0.2, 0.25) is 0 Å². The van der Waals surface area contributed by atoms with E-state index in [-0.39, 0.29) is 18.5 Å². The number of para-hydroxylation sites is 1. The summed E-state index contributed by atoms with van der Waals surface area (Å²) >= 11 is 0. The quantitative estimate of drug-likeness (QED) is 0.678. The first-order valence-electron chi connectivity index (χ1n) is 8.68. The Balaban J connectivity index is 1.52. The molecule has 1 aliphatic rings. The Labute approximate surface area is 155 Å². The van der Waals surface area contributed by atoms with Gasteiger partial charge in [0, 0.05) is 6.04 Å². The third-order valence-electron chi connectivity index (χ3n) is 4.18. The highest BCUT2D eigenvalue weighted by molar-refractivity contribution is 6.04. The van der Waals surface area contributed by atoms with E-state index in [1.807, 2.05) is 0 Å². The Morgan fingerprint density at radius 3 is 2.70 bits per heavy atom. The van der Waals surface area contributed by atoms with Crippen LogP contribution in [0.15, 0.2) is 30.6 Å². The number of nitrogens with zero attached hydrogens (tertiary/aromatic N) is 4. The molecular weight excluding hydrogens is 352 g/mol. The van der Waals surface area contributed by atoms with E-state index in [1.54, 1.807) is 24.3 Å². The van der Waals surface area contributed by atoms with E-state index in [1.165, 1.54) is 11.0 Å². The van der Waals surface area contributed by atoms with Crippen LogP contribution < -0.4 is 10.6 Å². The van der Waals surface area contributed by atoms with Gasteiger partial charge in [0.1, 0.15) is 12.9 Å². The second kappa shape index (κ2) is 8.88. The van der Waals surface area contributed by atoms with Crippen molar-refractivity contribution in [3.63, 3.8) is 0 Å². The van der Waals surface area contributed by atoms with Crippen molar-refractivity contribution in [3.8, 4) is 0 Å². The van der Waals surface area contributed by atoms with E-state index in [0.29, 0.717) is 11.3 Å². The summed E-state index contributed by atoms with van der Waals surface area (Å²) in [4.78, 5) is 36.2. The van der Waals surface area contributed by atoms with Gasteiger partial charge < -0.3 is 15.4 Å². The topological polar surface area (TPSA) is 128 Å². The minimum Gasteiger partial charge on any atom is -0.454 e. The lowest BCUT2D eigenvalue weighted by atomic mass is 10.1. The monoisotopic (exact) mass is 372 g/mol. The van der Waals surface area contributed by atoms with E-state index in [0.717, 1.165) is 25.7 Å². The standard InChI is InChI=1S/C17H20N6O4/c24-15(10-27-16(25)9-23-11-18-21-22-23)20-14-8-4-3-7-13(14)17(26)19-12-5-1-2-6-12/h3-4,7-8,11-12H,1-2,5-6,9-10H2,(H,19,26)(H,20,24). The van der Waals surface area contributed by atoms with Gasteiger partial charge in [-0.25, -0.2) is 4.68 Å². The first-order valence-corrected chi connectivity index (χ1v) is 8.68. The second-order valence-electron chi connectivity index (χ2n) is 6.22. The average molecular weight is 372 g/mol. The lowest BCUT2D eigenvalue weighted by Gasteiger charge is -2.15. The Morgan fingerprint density at radius 1 is 1.19 bits per heavy atom. The van der Waals surface area contributed by atoms with Crippen molar-refractivity contribution in [1.82, 2.24) is 25.5 Å². The van der Waals surface area contributed by atoms with Gasteiger partial charge >= 0.3 is 5.97 Å². The van der Waals surface area contributed by atoms with Crippen LogP contribution in [0.1, 0.15) is 36.0 Å². The van der Waals surface area contributed by atoms with Crippen molar-refractivity contribution in [2.45, 2.75) is 38.3 Å². The summed E-state index contributed by atoms with van der Waals surface area (Å²) < 4.78 is 6.07. The van der Waals surface area contributed by atoms with Crippen molar-refractivity contribution in [2.24, 2.45) is 0 Å². The van der Waals surface area contributed by atoms with Crippen molar-refractivity contribution in [2.75, 3.05) is 11.9 Å². The summed E-state index contributed by atoms with van der Waals surface area (Å²) in [5.41, 5.74) is 0.743. The maximum absolute atomic E-state index is 12.5. The van der Waals surface area contributed by atoms with Gasteiger partial charge in [-0.3, -0.25) is 14.4 Å². The molecular formula is C17H20N6O4. The van der Waals surface area contributed by atoms with Gasteiger partial charge in [-0.15, -0.1) is 5.10 Å². The van der Waals surface area contributed by atoms with Crippen LogP contribution in [-0.2, 0) is 20.9 Å². The number of tetrazole rings is 1. The third-order valence-corrected chi connectivity index (χ3v) is 4.18. The summed E-state index contributed by atoms with van der Waals surface area (Å²) in [6.45, 7) is -0.666. The van der Waals surface area contributed by atoms with Crippen LogP contribution in [0.2, 0.25) is 0 Å². The van der Waals surface area contributed by atoms with Gasteiger partial charge in [-0.1, -0.05) is 25.0 Å². The van der Waals surface area contributed by atoms with Gasteiger partial charge in [-0.2, -0.15) is 0 Å². The lowest BCUT2D eigenvalue weighted by molar-refractivity contribution is -0.148. The first-order chi connectivity index (χ1) is 13.1. The van der Waals surface area contributed by atoms with E-state index in [2.05, 4.69) is 26.2 Å².